The molecule has 1 unspecified atom stereocenters. The largest absolute Gasteiger partial charge is 0.357 e. The van der Waals surface area contributed by atoms with Crippen LogP contribution in [0.4, 0.5) is 5.13 Å². The minimum Gasteiger partial charge on any atom is -0.344 e. The molecule has 1 aromatic heterocycles. The van der Waals surface area contributed by atoms with E-state index >= 15 is 0 Å². The molecule has 0 aliphatic heterocycles. The number of aromatic nitrogens is 1. The second-order valence-electron chi connectivity index (χ2n) is 6.33. The van der Waals surface area contributed by atoms with E-state index in [-0.39, 0.29) is 0 Å². The lowest BCUT2D eigenvalue weighted by Gasteiger charge is -2.27. The van der Waals surface area contributed by atoms with E-state index < -0.39 is 13.4 Å². The van der Waals surface area contributed by atoms with Crippen molar-refractivity contribution < 1.29 is 13.6 Å². The number of hydrogen-bond donors (Lipinski definition) is 1. The molecule has 0 aliphatic rings. The zero-order chi connectivity index (χ0) is 19.4. The zero-order valence-electron chi connectivity index (χ0n) is 16.1. The average Bonchev–Trinajstić information content (AvgIpc) is 3.01. The molecule has 3 rings (SSSR count). The summed E-state index contributed by atoms with van der Waals surface area (Å²) in [5.41, 5.74) is 4.04. The van der Waals surface area contributed by atoms with Crippen LogP contribution < -0.4 is 5.32 Å². The summed E-state index contributed by atoms with van der Waals surface area (Å²) < 4.78 is 25.9. The molecular weight excluding hydrogens is 379 g/mol. The number of nitrogens with one attached hydrogen (secondary N) is 1. The van der Waals surface area contributed by atoms with Crippen LogP contribution in [0.5, 0.6) is 0 Å². The van der Waals surface area contributed by atoms with E-state index in [1.165, 1.54) is 16.9 Å². The van der Waals surface area contributed by atoms with Gasteiger partial charge in [-0.05, 0) is 51.0 Å². The highest BCUT2D eigenvalue weighted by Gasteiger charge is 2.37. The minimum absolute atomic E-state index is 0.306. The van der Waals surface area contributed by atoms with E-state index in [0.717, 1.165) is 21.3 Å². The predicted octanol–water partition coefficient (Wildman–Crippen LogP) is 6.29. The van der Waals surface area contributed by atoms with Crippen LogP contribution in [-0.4, -0.2) is 18.2 Å². The molecule has 0 saturated heterocycles. The van der Waals surface area contributed by atoms with Gasteiger partial charge < -0.3 is 14.4 Å². The van der Waals surface area contributed by atoms with Gasteiger partial charge in [0.2, 0.25) is 0 Å². The zero-order valence-corrected chi connectivity index (χ0v) is 17.8. The lowest BCUT2D eigenvalue weighted by atomic mass is 10.1. The first kappa shape index (κ1) is 20.0. The Bertz CT molecular complexity index is 963. The van der Waals surface area contributed by atoms with Crippen LogP contribution in [0, 0.1) is 13.8 Å². The van der Waals surface area contributed by atoms with Crippen LogP contribution in [0.1, 0.15) is 36.3 Å². The van der Waals surface area contributed by atoms with Crippen molar-refractivity contribution in [1.82, 2.24) is 4.98 Å². The summed E-state index contributed by atoms with van der Waals surface area (Å²) >= 11 is 1.54. The Hall–Kier alpha value is -1.72. The van der Waals surface area contributed by atoms with E-state index in [9.17, 15) is 4.57 Å². The Labute approximate surface area is 164 Å². The Balaban J connectivity index is 2.03. The number of thiazole rings is 1. The first-order valence-corrected chi connectivity index (χ1v) is 11.5. The fraction of sp³-hybridized carbons (Fsp3) is 0.350. The number of fused-ring (bicyclic) bond motifs is 1. The van der Waals surface area contributed by atoms with Crippen molar-refractivity contribution in [2.45, 2.75) is 33.5 Å². The summed E-state index contributed by atoms with van der Waals surface area (Å²) in [5.74, 6) is -0.626. The monoisotopic (exact) mass is 404 g/mol. The molecule has 0 bridgehead atoms. The molecule has 7 heteroatoms. The molecule has 27 heavy (non-hydrogen) atoms. The Morgan fingerprint density at radius 2 is 1.78 bits per heavy atom. The number of rotatable bonds is 8. The molecule has 1 N–H and O–H groups in total. The second kappa shape index (κ2) is 8.53. The summed E-state index contributed by atoms with van der Waals surface area (Å²) in [6.07, 6.45) is 0. The van der Waals surface area contributed by atoms with Crippen molar-refractivity contribution in [1.29, 1.82) is 0 Å². The van der Waals surface area contributed by atoms with Crippen molar-refractivity contribution in [3.8, 4) is 0 Å². The summed E-state index contributed by atoms with van der Waals surface area (Å²) in [5, 5.41) is 4.03. The van der Waals surface area contributed by atoms with E-state index in [1.54, 1.807) is 0 Å². The molecule has 0 fully saturated rings. The number of nitrogens with zero attached hydrogens (tertiary/aromatic N) is 1. The van der Waals surface area contributed by atoms with Gasteiger partial charge in [0.15, 0.2) is 10.9 Å². The van der Waals surface area contributed by atoms with Crippen LogP contribution in [0.15, 0.2) is 42.5 Å². The lowest BCUT2D eigenvalue weighted by Crippen LogP contribution is -2.15. The topological polar surface area (TPSA) is 60.5 Å². The molecule has 5 nitrogen and oxygen atoms in total. The van der Waals surface area contributed by atoms with E-state index in [4.69, 9.17) is 9.05 Å². The Morgan fingerprint density at radius 1 is 1.07 bits per heavy atom. The molecule has 1 atom stereocenters. The molecular formula is C20H25N2O3PS. The van der Waals surface area contributed by atoms with Crippen molar-refractivity contribution in [2.75, 3.05) is 18.5 Å². The summed E-state index contributed by atoms with van der Waals surface area (Å²) in [6.45, 7) is 8.31. The van der Waals surface area contributed by atoms with Gasteiger partial charge in [0.05, 0.1) is 23.4 Å². The van der Waals surface area contributed by atoms with Gasteiger partial charge in [-0.2, -0.15) is 0 Å². The molecule has 1 heterocycles. The van der Waals surface area contributed by atoms with Crippen LogP contribution in [0.25, 0.3) is 10.2 Å². The van der Waals surface area contributed by atoms with Crippen LogP contribution >= 0.6 is 18.9 Å². The third-order valence-corrected chi connectivity index (χ3v) is 7.34. The average molecular weight is 404 g/mol. The minimum atomic E-state index is -3.43. The predicted molar refractivity (Wildman–Crippen MR) is 113 cm³/mol. The third kappa shape index (κ3) is 4.58. The number of aryl methyl sites for hydroxylation is 2. The fourth-order valence-electron chi connectivity index (χ4n) is 2.94. The number of hydrogen-bond acceptors (Lipinski definition) is 6. The van der Waals surface area contributed by atoms with Gasteiger partial charge in [-0.3, -0.25) is 4.57 Å². The number of benzene rings is 2. The normalized spacial score (nSPS) is 13.0. The smallest absolute Gasteiger partial charge is 0.344 e. The molecule has 0 saturated carbocycles. The summed E-state index contributed by atoms with van der Waals surface area (Å²) in [4.78, 5) is 4.65. The van der Waals surface area contributed by atoms with Crippen molar-refractivity contribution in [3.05, 3.63) is 59.2 Å². The van der Waals surface area contributed by atoms with Gasteiger partial charge in [0.1, 0.15) is 0 Å². The highest BCUT2D eigenvalue weighted by atomic mass is 32.1. The standard InChI is InChI=1S/C20H25N2O3PS/c1-5-24-26(23,25-6-2)19(16-9-7-8-14(3)12-16)22-20-21-17-11-10-15(4)13-18(17)27-20/h7-13,19H,5-6H2,1-4H3,(H,21,22). The van der Waals surface area contributed by atoms with Crippen molar-refractivity contribution in [2.24, 2.45) is 0 Å². The van der Waals surface area contributed by atoms with Gasteiger partial charge >= 0.3 is 7.60 Å². The molecule has 144 valence electrons. The molecule has 2 aromatic carbocycles. The van der Waals surface area contributed by atoms with Gasteiger partial charge in [-0.1, -0.05) is 47.2 Å². The molecule has 3 aromatic rings. The third-order valence-electron chi connectivity index (χ3n) is 4.10. The molecule has 0 spiro atoms. The SMILES string of the molecule is CCOP(=O)(OCC)C(Nc1nc2ccc(C)cc2s1)c1cccc(C)c1. The first-order valence-electron chi connectivity index (χ1n) is 9.04. The van der Waals surface area contributed by atoms with Gasteiger partial charge in [-0.25, -0.2) is 4.98 Å². The summed E-state index contributed by atoms with van der Waals surface area (Å²) in [7, 11) is -3.43. The van der Waals surface area contributed by atoms with Crippen molar-refractivity contribution >= 4 is 34.3 Å². The van der Waals surface area contributed by atoms with E-state index in [2.05, 4.69) is 23.3 Å². The Morgan fingerprint density at radius 3 is 2.44 bits per heavy atom. The van der Waals surface area contributed by atoms with Crippen LogP contribution in [0.2, 0.25) is 0 Å². The van der Waals surface area contributed by atoms with E-state index in [0.29, 0.717) is 18.3 Å². The van der Waals surface area contributed by atoms with Crippen LogP contribution in [0.3, 0.4) is 0 Å². The highest BCUT2D eigenvalue weighted by Crippen LogP contribution is 2.61. The van der Waals surface area contributed by atoms with Gasteiger partial charge in [0.25, 0.3) is 0 Å². The lowest BCUT2D eigenvalue weighted by molar-refractivity contribution is 0.214. The van der Waals surface area contributed by atoms with Gasteiger partial charge in [0, 0.05) is 0 Å². The molecule has 0 radical (unpaired) electrons. The van der Waals surface area contributed by atoms with Gasteiger partial charge in [-0.15, -0.1) is 0 Å². The summed E-state index contributed by atoms with van der Waals surface area (Å²) in [6, 6.07) is 14.0. The van der Waals surface area contributed by atoms with Crippen molar-refractivity contribution in [3.63, 3.8) is 0 Å². The maximum Gasteiger partial charge on any atom is 0.357 e. The molecule has 0 amide bonds. The second-order valence-corrected chi connectivity index (χ2v) is 9.47. The van der Waals surface area contributed by atoms with Crippen LogP contribution in [-0.2, 0) is 13.6 Å². The maximum atomic E-state index is 13.6. The quantitative estimate of drug-likeness (QED) is 0.447. The fourth-order valence-corrected chi connectivity index (χ4v) is 5.92. The maximum absolute atomic E-state index is 13.6. The molecule has 0 aliphatic carbocycles. The first-order chi connectivity index (χ1) is 12.9. The van der Waals surface area contributed by atoms with E-state index in [1.807, 2.05) is 57.2 Å². The number of anilines is 1. The highest BCUT2D eigenvalue weighted by molar-refractivity contribution is 7.54. The Kier molecular flexibility index (Phi) is 6.33.